The first-order valence-electron chi connectivity index (χ1n) is 5.89. The zero-order valence-corrected chi connectivity index (χ0v) is 11.2. The summed E-state index contributed by atoms with van der Waals surface area (Å²) in [6.07, 6.45) is 4.12. The predicted octanol–water partition coefficient (Wildman–Crippen LogP) is 2.08. The van der Waals surface area contributed by atoms with Crippen LogP contribution in [0.3, 0.4) is 0 Å². The SMILES string of the molecule is CC1(c2nnc(C(=O)N3CCCC3Br)o2)CC1. The Hall–Kier alpha value is -0.910. The molecule has 1 aliphatic heterocycles. The average Bonchev–Trinajstić information content (AvgIpc) is 2.78. The Morgan fingerprint density at radius 3 is 2.88 bits per heavy atom. The van der Waals surface area contributed by atoms with E-state index < -0.39 is 0 Å². The molecule has 0 bridgehead atoms. The summed E-state index contributed by atoms with van der Waals surface area (Å²) in [6, 6.07) is 0. The summed E-state index contributed by atoms with van der Waals surface area (Å²) >= 11 is 3.48. The molecule has 1 aromatic rings. The van der Waals surface area contributed by atoms with Gasteiger partial charge < -0.3 is 9.32 Å². The monoisotopic (exact) mass is 299 g/mol. The standard InChI is InChI=1S/C11H14BrN3O2/c1-11(4-5-11)10-14-13-8(17-10)9(16)15-6-2-3-7(15)12/h7H,2-6H2,1H3. The Labute approximate surface area is 108 Å². The number of nitrogens with zero attached hydrogens (tertiary/aromatic N) is 3. The third kappa shape index (κ3) is 1.88. The normalized spacial score (nSPS) is 26.2. The highest BCUT2D eigenvalue weighted by molar-refractivity contribution is 9.09. The van der Waals surface area contributed by atoms with Gasteiger partial charge in [-0.1, -0.05) is 22.9 Å². The lowest BCUT2D eigenvalue weighted by atomic mass is 10.1. The first-order chi connectivity index (χ1) is 8.10. The maximum Gasteiger partial charge on any atom is 0.312 e. The lowest BCUT2D eigenvalue weighted by Crippen LogP contribution is -2.32. The lowest BCUT2D eigenvalue weighted by molar-refractivity contribution is 0.0739. The van der Waals surface area contributed by atoms with Crippen molar-refractivity contribution in [1.29, 1.82) is 0 Å². The van der Waals surface area contributed by atoms with Gasteiger partial charge in [0.05, 0.1) is 4.95 Å². The van der Waals surface area contributed by atoms with E-state index in [1.54, 1.807) is 4.90 Å². The molecule has 1 amide bonds. The molecule has 92 valence electrons. The molecular formula is C11H14BrN3O2. The number of hydrogen-bond donors (Lipinski definition) is 0. The van der Waals surface area contributed by atoms with Crippen molar-refractivity contribution >= 4 is 21.8 Å². The van der Waals surface area contributed by atoms with Crippen LogP contribution in [0.1, 0.15) is 49.2 Å². The second-order valence-electron chi connectivity index (χ2n) is 5.05. The molecule has 3 rings (SSSR count). The van der Waals surface area contributed by atoms with Gasteiger partial charge in [0.1, 0.15) is 0 Å². The van der Waals surface area contributed by atoms with Crippen LogP contribution in [0.2, 0.25) is 0 Å². The maximum atomic E-state index is 12.1. The van der Waals surface area contributed by atoms with Crippen molar-refractivity contribution in [2.75, 3.05) is 6.54 Å². The Morgan fingerprint density at radius 2 is 2.29 bits per heavy atom. The van der Waals surface area contributed by atoms with E-state index in [1.807, 2.05) is 0 Å². The fraction of sp³-hybridized carbons (Fsp3) is 0.727. The van der Waals surface area contributed by atoms with Crippen LogP contribution in [0.5, 0.6) is 0 Å². The molecule has 6 heteroatoms. The maximum absolute atomic E-state index is 12.1. The second-order valence-corrected chi connectivity index (χ2v) is 6.11. The van der Waals surface area contributed by atoms with Crippen molar-refractivity contribution in [2.45, 2.75) is 43.0 Å². The highest BCUT2D eigenvalue weighted by atomic mass is 79.9. The fourth-order valence-corrected chi connectivity index (χ4v) is 2.75. The minimum atomic E-state index is -0.160. The van der Waals surface area contributed by atoms with Crippen molar-refractivity contribution in [1.82, 2.24) is 15.1 Å². The predicted molar refractivity (Wildman–Crippen MR) is 63.9 cm³/mol. The molecule has 1 aliphatic carbocycles. The molecule has 2 heterocycles. The van der Waals surface area contributed by atoms with E-state index in [-0.39, 0.29) is 22.2 Å². The van der Waals surface area contributed by atoms with E-state index in [0.29, 0.717) is 5.89 Å². The van der Waals surface area contributed by atoms with Crippen LogP contribution < -0.4 is 0 Å². The molecule has 17 heavy (non-hydrogen) atoms. The minimum Gasteiger partial charge on any atom is -0.416 e. The summed E-state index contributed by atoms with van der Waals surface area (Å²) in [5.41, 5.74) is 0.0182. The molecule has 2 aliphatic rings. The number of carbonyl (C=O) groups is 1. The molecule has 5 nitrogen and oxygen atoms in total. The van der Waals surface area contributed by atoms with Crippen LogP contribution in [0.4, 0.5) is 0 Å². The van der Waals surface area contributed by atoms with Gasteiger partial charge in [0, 0.05) is 12.0 Å². The molecular weight excluding hydrogens is 286 g/mol. The quantitative estimate of drug-likeness (QED) is 0.620. The number of rotatable bonds is 2. The number of carbonyl (C=O) groups excluding carboxylic acids is 1. The van der Waals surface area contributed by atoms with E-state index in [1.165, 1.54) is 0 Å². The number of alkyl halides is 1. The van der Waals surface area contributed by atoms with Gasteiger partial charge in [-0.3, -0.25) is 4.79 Å². The molecule has 2 fully saturated rings. The largest absolute Gasteiger partial charge is 0.416 e. The van der Waals surface area contributed by atoms with E-state index in [2.05, 4.69) is 33.1 Å². The lowest BCUT2D eigenvalue weighted by Gasteiger charge is -2.17. The molecule has 0 N–H and O–H groups in total. The average molecular weight is 300 g/mol. The summed E-state index contributed by atoms with van der Waals surface area (Å²) in [5.74, 6) is 0.568. The van der Waals surface area contributed by atoms with Gasteiger partial charge in [0.15, 0.2) is 0 Å². The number of hydrogen-bond acceptors (Lipinski definition) is 4. The molecule has 0 spiro atoms. The van der Waals surface area contributed by atoms with Crippen molar-refractivity contribution in [3.05, 3.63) is 11.8 Å². The Balaban J connectivity index is 1.79. The number of halogens is 1. The Kier molecular flexibility index (Phi) is 2.50. The number of aromatic nitrogens is 2. The van der Waals surface area contributed by atoms with E-state index in [4.69, 9.17) is 4.42 Å². The highest BCUT2D eigenvalue weighted by Crippen LogP contribution is 2.46. The molecule has 1 saturated heterocycles. The smallest absolute Gasteiger partial charge is 0.312 e. The van der Waals surface area contributed by atoms with Gasteiger partial charge in [-0.05, 0) is 25.7 Å². The van der Waals surface area contributed by atoms with Gasteiger partial charge in [0.2, 0.25) is 5.89 Å². The zero-order chi connectivity index (χ0) is 12.0. The molecule has 1 saturated carbocycles. The topological polar surface area (TPSA) is 59.2 Å². The van der Waals surface area contributed by atoms with Crippen LogP contribution >= 0.6 is 15.9 Å². The van der Waals surface area contributed by atoms with Gasteiger partial charge in [-0.15, -0.1) is 10.2 Å². The molecule has 0 aromatic carbocycles. The molecule has 1 atom stereocenters. The summed E-state index contributed by atoms with van der Waals surface area (Å²) in [6.45, 7) is 2.83. The van der Waals surface area contributed by atoms with Crippen molar-refractivity contribution in [3.8, 4) is 0 Å². The van der Waals surface area contributed by atoms with Gasteiger partial charge in [-0.25, -0.2) is 0 Å². The van der Waals surface area contributed by atoms with Crippen LogP contribution in [0, 0.1) is 0 Å². The van der Waals surface area contributed by atoms with Gasteiger partial charge in [-0.2, -0.15) is 0 Å². The zero-order valence-electron chi connectivity index (χ0n) is 9.65. The van der Waals surface area contributed by atoms with Crippen molar-refractivity contribution < 1.29 is 9.21 Å². The minimum absolute atomic E-state index is 0.0182. The number of amides is 1. The van der Waals surface area contributed by atoms with E-state index in [9.17, 15) is 4.79 Å². The summed E-state index contributed by atoms with van der Waals surface area (Å²) < 4.78 is 5.50. The molecule has 0 radical (unpaired) electrons. The third-order valence-corrected chi connectivity index (χ3v) is 4.52. The van der Waals surface area contributed by atoms with Crippen LogP contribution in [-0.4, -0.2) is 32.5 Å². The highest BCUT2D eigenvalue weighted by Gasteiger charge is 2.45. The first kappa shape index (κ1) is 11.2. The Morgan fingerprint density at radius 1 is 1.53 bits per heavy atom. The van der Waals surface area contributed by atoms with Crippen LogP contribution in [0.15, 0.2) is 4.42 Å². The van der Waals surface area contributed by atoms with Gasteiger partial charge >= 0.3 is 11.8 Å². The summed E-state index contributed by atoms with van der Waals surface area (Å²) in [7, 11) is 0. The summed E-state index contributed by atoms with van der Waals surface area (Å²) in [5, 5.41) is 7.86. The van der Waals surface area contributed by atoms with Gasteiger partial charge in [0.25, 0.3) is 0 Å². The first-order valence-corrected chi connectivity index (χ1v) is 6.81. The molecule has 1 unspecified atom stereocenters. The summed E-state index contributed by atoms with van der Waals surface area (Å²) in [4.78, 5) is 14.0. The van der Waals surface area contributed by atoms with Crippen LogP contribution in [0.25, 0.3) is 0 Å². The van der Waals surface area contributed by atoms with E-state index >= 15 is 0 Å². The van der Waals surface area contributed by atoms with Crippen molar-refractivity contribution in [2.24, 2.45) is 0 Å². The third-order valence-electron chi connectivity index (χ3n) is 3.56. The molecule has 1 aromatic heterocycles. The van der Waals surface area contributed by atoms with E-state index in [0.717, 1.165) is 32.2 Å². The number of likely N-dealkylation sites (tertiary alicyclic amines) is 1. The Bertz CT molecular complexity index is 455. The van der Waals surface area contributed by atoms with Crippen LogP contribution in [-0.2, 0) is 5.41 Å². The second kappa shape index (κ2) is 3.80. The van der Waals surface area contributed by atoms with Crippen molar-refractivity contribution in [3.63, 3.8) is 0 Å². The fourth-order valence-electron chi connectivity index (χ4n) is 2.03.